The van der Waals surface area contributed by atoms with Gasteiger partial charge < -0.3 is 14.8 Å². The van der Waals surface area contributed by atoms with Crippen molar-refractivity contribution >= 4 is 11.9 Å². The van der Waals surface area contributed by atoms with Crippen molar-refractivity contribution in [3.05, 3.63) is 156 Å². The van der Waals surface area contributed by atoms with Gasteiger partial charge in [0.1, 0.15) is 11.7 Å². The molecule has 4 rings (SSSR count). The molecule has 0 aromatic heterocycles. The van der Waals surface area contributed by atoms with E-state index in [2.05, 4.69) is 54.7 Å². The van der Waals surface area contributed by atoms with Crippen LogP contribution in [0.3, 0.4) is 0 Å². The van der Waals surface area contributed by atoms with Crippen molar-refractivity contribution in [1.82, 2.24) is 5.32 Å². The zero-order chi connectivity index (χ0) is 36.7. The highest BCUT2D eigenvalue weighted by Crippen LogP contribution is 2.40. The van der Waals surface area contributed by atoms with E-state index in [0.717, 1.165) is 29.5 Å². The molecule has 276 valence electrons. The Morgan fingerprint density at radius 3 is 1.52 bits per heavy atom. The van der Waals surface area contributed by atoms with Gasteiger partial charge >= 0.3 is 5.97 Å². The molecule has 5 heteroatoms. The molecule has 5 nitrogen and oxygen atoms in total. The number of hydrogen-bond acceptors (Lipinski definition) is 4. The fourth-order valence-electron chi connectivity index (χ4n) is 6.69. The van der Waals surface area contributed by atoms with Gasteiger partial charge in [0, 0.05) is 6.42 Å². The molecular weight excluding hydrogens is 643 g/mol. The van der Waals surface area contributed by atoms with Crippen LogP contribution in [0.15, 0.2) is 133 Å². The first-order valence-corrected chi connectivity index (χ1v) is 19.6. The Morgan fingerprint density at radius 2 is 1.06 bits per heavy atom. The molecule has 0 unspecified atom stereocenters. The lowest BCUT2D eigenvalue weighted by Gasteiger charge is -2.38. The second-order valence-electron chi connectivity index (χ2n) is 13.6. The summed E-state index contributed by atoms with van der Waals surface area (Å²) in [5, 5.41) is 3.15. The van der Waals surface area contributed by atoms with Crippen LogP contribution in [0.25, 0.3) is 0 Å². The third-order valence-electron chi connectivity index (χ3n) is 9.64. The summed E-state index contributed by atoms with van der Waals surface area (Å²) < 4.78 is 13.4. The highest BCUT2D eigenvalue weighted by molar-refractivity contribution is 5.89. The van der Waals surface area contributed by atoms with Gasteiger partial charge in [-0.2, -0.15) is 0 Å². The van der Waals surface area contributed by atoms with Crippen molar-refractivity contribution in [3.63, 3.8) is 0 Å². The molecule has 1 N–H and O–H groups in total. The Labute approximate surface area is 312 Å². The van der Waals surface area contributed by atoms with E-state index < -0.39 is 23.7 Å². The molecule has 4 aromatic rings. The van der Waals surface area contributed by atoms with E-state index in [0.29, 0.717) is 12.0 Å². The van der Waals surface area contributed by atoms with Gasteiger partial charge in [0.05, 0.1) is 18.2 Å². The summed E-state index contributed by atoms with van der Waals surface area (Å²) >= 11 is 0. The average molecular weight is 702 g/mol. The van der Waals surface area contributed by atoms with Crippen LogP contribution in [0.1, 0.15) is 124 Å². The molecule has 2 atom stereocenters. The Balaban J connectivity index is 1.55. The van der Waals surface area contributed by atoms with Gasteiger partial charge in [0.25, 0.3) is 0 Å². The van der Waals surface area contributed by atoms with Gasteiger partial charge in [-0.25, -0.2) is 4.79 Å². The fraction of sp³-hybridized carbons (Fsp3) is 0.404. The fourth-order valence-corrected chi connectivity index (χ4v) is 6.69. The Morgan fingerprint density at radius 1 is 0.615 bits per heavy atom. The second-order valence-corrected chi connectivity index (χ2v) is 13.6. The molecule has 4 aromatic carbocycles. The highest BCUT2D eigenvalue weighted by Gasteiger charge is 2.39. The summed E-state index contributed by atoms with van der Waals surface area (Å²) in [5.74, 6) is -0.584. The van der Waals surface area contributed by atoms with Crippen LogP contribution in [0.5, 0.6) is 0 Å². The van der Waals surface area contributed by atoms with Gasteiger partial charge in [0.15, 0.2) is 0 Å². The van der Waals surface area contributed by atoms with Gasteiger partial charge in [-0.1, -0.05) is 193 Å². The number of esters is 1. The summed E-state index contributed by atoms with van der Waals surface area (Å²) in [6.45, 7) is 4.17. The summed E-state index contributed by atoms with van der Waals surface area (Å²) in [6.07, 6.45) is 18.6. The number of hydrogen-bond donors (Lipinski definition) is 1. The van der Waals surface area contributed by atoms with Crippen LogP contribution in [-0.2, 0) is 19.9 Å². The third-order valence-corrected chi connectivity index (χ3v) is 9.64. The Hall–Kier alpha value is -4.48. The van der Waals surface area contributed by atoms with E-state index >= 15 is 0 Å². The third kappa shape index (κ3) is 12.6. The lowest BCUT2D eigenvalue weighted by atomic mass is 9.80. The molecule has 0 saturated carbocycles. The Kier molecular flexibility index (Phi) is 17.9. The minimum absolute atomic E-state index is 0.0833. The lowest BCUT2D eigenvalue weighted by Crippen LogP contribution is -2.49. The molecule has 52 heavy (non-hydrogen) atoms. The molecule has 0 fully saturated rings. The van der Waals surface area contributed by atoms with E-state index in [1.54, 1.807) is 12.1 Å². The predicted molar refractivity (Wildman–Crippen MR) is 213 cm³/mol. The van der Waals surface area contributed by atoms with E-state index in [1.807, 2.05) is 85.8 Å². The lowest BCUT2D eigenvalue weighted by molar-refractivity contribution is -0.123. The number of benzene rings is 4. The van der Waals surface area contributed by atoms with Crippen LogP contribution in [-0.4, -0.2) is 30.6 Å². The predicted octanol–water partition coefficient (Wildman–Crippen LogP) is 11.4. The standard InChI is InChI=1S/C47H59NO4/c1-3-5-6-7-8-9-10-11-12-13-14-15-28-37-44(52-46(50)39-29-20-16-21-30-39)43(48-45(49)4-2)38-51-47(40-31-22-17-23-32-40,41-33-24-18-25-34-41)42-35-26-19-27-36-42/h16-37,43-44H,3-15,38H2,1-2H3,(H,48,49)/t43-,44+/m0/s1. The minimum Gasteiger partial charge on any atom is -0.452 e. The van der Waals surface area contributed by atoms with Crippen molar-refractivity contribution in [2.45, 2.75) is 115 Å². The maximum atomic E-state index is 13.5. The number of carbonyl (C=O) groups is 2. The van der Waals surface area contributed by atoms with Crippen molar-refractivity contribution in [2.24, 2.45) is 0 Å². The van der Waals surface area contributed by atoms with Gasteiger partial charge in [0.2, 0.25) is 5.91 Å². The number of carbonyl (C=O) groups excluding carboxylic acids is 2. The van der Waals surface area contributed by atoms with E-state index in [9.17, 15) is 9.59 Å². The number of ether oxygens (including phenoxy) is 2. The normalized spacial score (nSPS) is 12.7. The molecule has 0 bridgehead atoms. The first kappa shape index (κ1) is 40.3. The van der Waals surface area contributed by atoms with Crippen molar-refractivity contribution in [1.29, 1.82) is 0 Å². The zero-order valence-electron chi connectivity index (χ0n) is 31.4. The molecule has 1 amide bonds. The molecule has 0 aliphatic carbocycles. The van der Waals surface area contributed by atoms with E-state index in [4.69, 9.17) is 9.47 Å². The molecule has 0 spiro atoms. The molecule has 0 aliphatic heterocycles. The van der Waals surface area contributed by atoms with Crippen LogP contribution in [0, 0.1) is 0 Å². The van der Waals surface area contributed by atoms with Gasteiger partial charge in [-0.3, -0.25) is 4.79 Å². The van der Waals surface area contributed by atoms with Crippen LogP contribution in [0.4, 0.5) is 0 Å². The number of amides is 1. The van der Waals surface area contributed by atoms with Crippen LogP contribution < -0.4 is 5.32 Å². The van der Waals surface area contributed by atoms with E-state index in [-0.39, 0.29) is 12.5 Å². The Bertz CT molecular complexity index is 1480. The molecule has 0 radical (unpaired) electrons. The summed E-state index contributed by atoms with van der Waals surface area (Å²) in [4.78, 5) is 26.6. The number of nitrogens with one attached hydrogen (secondary N) is 1. The summed E-state index contributed by atoms with van der Waals surface area (Å²) in [6, 6.07) is 38.8. The number of unbranched alkanes of at least 4 members (excludes halogenated alkanes) is 11. The zero-order valence-corrected chi connectivity index (χ0v) is 31.4. The topological polar surface area (TPSA) is 64.6 Å². The molecule has 0 saturated heterocycles. The van der Waals surface area contributed by atoms with Crippen LogP contribution >= 0.6 is 0 Å². The van der Waals surface area contributed by atoms with Gasteiger partial charge in [-0.15, -0.1) is 0 Å². The number of rotatable bonds is 24. The highest BCUT2D eigenvalue weighted by atomic mass is 16.5. The molecule has 0 aliphatic rings. The maximum absolute atomic E-state index is 13.5. The molecular formula is C47H59NO4. The van der Waals surface area contributed by atoms with Crippen molar-refractivity contribution in [3.8, 4) is 0 Å². The number of allylic oxidation sites excluding steroid dienone is 1. The SMILES string of the molecule is CCCCCCCCCCCCCC=C[C@@H](OC(=O)c1ccccc1)[C@H](COC(c1ccccc1)(c1ccccc1)c1ccccc1)NC(=O)CC. The van der Waals surface area contributed by atoms with Crippen molar-refractivity contribution in [2.75, 3.05) is 6.61 Å². The maximum Gasteiger partial charge on any atom is 0.338 e. The smallest absolute Gasteiger partial charge is 0.338 e. The van der Waals surface area contributed by atoms with Crippen molar-refractivity contribution < 1.29 is 19.1 Å². The first-order valence-electron chi connectivity index (χ1n) is 19.6. The van der Waals surface area contributed by atoms with Gasteiger partial charge in [-0.05, 0) is 47.7 Å². The minimum atomic E-state index is -0.994. The summed E-state index contributed by atoms with van der Waals surface area (Å²) in [7, 11) is 0. The first-order chi connectivity index (χ1) is 25.6. The second kappa shape index (κ2) is 23.2. The monoisotopic (exact) mass is 701 g/mol. The molecule has 0 heterocycles. The summed E-state index contributed by atoms with van der Waals surface area (Å²) in [5.41, 5.74) is 2.33. The quantitative estimate of drug-likeness (QED) is 0.0342. The van der Waals surface area contributed by atoms with E-state index in [1.165, 1.54) is 64.2 Å². The average Bonchev–Trinajstić information content (AvgIpc) is 3.20. The van der Waals surface area contributed by atoms with Crippen LogP contribution in [0.2, 0.25) is 0 Å². The largest absolute Gasteiger partial charge is 0.452 e.